The van der Waals surface area contributed by atoms with Crippen molar-refractivity contribution < 1.29 is 17.6 Å². The van der Waals surface area contributed by atoms with Crippen molar-refractivity contribution in [3.63, 3.8) is 0 Å². The first kappa shape index (κ1) is 10.1. The van der Waals surface area contributed by atoms with Crippen LogP contribution in [0, 0.1) is 23.3 Å². The van der Waals surface area contributed by atoms with Gasteiger partial charge in [-0.3, -0.25) is 0 Å². The monoisotopic (exact) mass is 250 g/mol. The molecule has 2 aromatic rings. The number of fused-ring (bicyclic) bond motifs is 5. The summed E-state index contributed by atoms with van der Waals surface area (Å²) in [7, 11) is 0. The van der Waals surface area contributed by atoms with Gasteiger partial charge < -0.3 is 0 Å². The molecule has 2 aromatic carbocycles. The molecule has 2 aliphatic rings. The van der Waals surface area contributed by atoms with E-state index in [4.69, 9.17) is 0 Å². The van der Waals surface area contributed by atoms with Gasteiger partial charge in [-0.15, -0.1) is 0 Å². The van der Waals surface area contributed by atoms with Crippen LogP contribution in [0.5, 0.6) is 0 Å². The Labute approximate surface area is 99.9 Å². The van der Waals surface area contributed by atoms with Gasteiger partial charge in [-0.1, -0.05) is 12.1 Å². The summed E-state index contributed by atoms with van der Waals surface area (Å²) in [5.41, 5.74) is 3.14. The van der Waals surface area contributed by atoms with Crippen molar-refractivity contribution in [3.05, 3.63) is 57.7 Å². The molecule has 18 heavy (non-hydrogen) atoms. The van der Waals surface area contributed by atoms with E-state index in [0.29, 0.717) is 5.56 Å². The quantitative estimate of drug-likeness (QED) is 0.253. The molecular weight excluding hydrogens is 244 g/mol. The summed E-state index contributed by atoms with van der Waals surface area (Å²) in [6, 6.07) is 3.67. The molecule has 2 aliphatic carbocycles. The summed E-state index contributed by atoms with van der Waals surface area (Å²) in [5.74, 6) is -5.99. The van der Waals surface area contributed by atoms with Crippen molar-refractivity contribution in [3.8, 4) is 11.1 Å². The second-order valence-electron chi connectivity index (χ2n) is 4.70. The zero-order chi connectivity index (χ0) is 12.6. The van der Waals surface area contributed by atoms with Crippen LogP contribution in [-0.2, 0) is 12.8 Å². The predicted molar refractivity (Wildman–Crippen MR) is 57.3 cm³/mol. The Bertz CT molecular complexity index is 732. The highest BCUT2D eigenvalue weighted by atomic mass is 19.2. The fourth-order valence-electron chi connectivity index (χ4n) is 2.79. The minimum Gasteiger partial charge on any atom is -0.203 e. The molecule has 0 N–H and O–H groups in total. The molecule has 0 nitrogen and oxygen atoms in total. The Kier molecular flexibility index (Phi) is 1.65. The van der Waals surface area contributed by atoms with E-state index >= 15 is 0 Å². The Morgan fingerprint density at radius 3 is 2.00 bits per heavy atom. The van der Waals surface area contributed by atoms with Crippen molar-refractivity contribution >= 4 is 0 Å². The van der Waals surface area contributed by atoms with E-state index in [2.05, 4.69) is 0 Å². The largest absolute Gasteiger partial charge is 0.203 e. The normalized spacial score (nSPS) is 14.2. The maximum Gasteiger partial charge on any atom is 0.198 e. The van der Waals surface area contributed by atoms with Crippen LogP contribution in [0.3, 0.4) is 0 Å². The third-order valence-corrected chi connectivity index (χ3v) is 3.72. The molecule has 4 rings (SSSR count). The maximum atomic E-state index is 13.8. The van der Waals surface area contributed by atoms with E-state index in [1.165, 1.54) is 0 Å². The molecule has 4 heteroatoms. The Hall–Kier alpha value is -1.84. The molecule has 0 saturated carbocycles. The van der Waals surface area contributed by atoms with E-state index in [0.717, 1.165) is 23.1 Å². The maximum absolute atomic E-state index is 13.8. The average molecular weight is 250 g/mol. The first-order chi connectivity index (χ1) is 8.59. The second-order valence-corrected chi connectivity index (χ2v) is 4.70. The van der Waals surface area contributed by atoms with Crippen LogP contribution >= 0.6 is 0 Å². The third kappa shape index (κ3) is 1.01. The summed E-state index contributed by atoms with van der Waals surface area (Å²) >= 11 is 0. The van der Waals surface area contributed by atoms with Crippen molar-refractivity contribution in [1.29, 1.82) is 0 Å². The molecule has 0 fully saturated rings. The van der Waals surface area contributed by atoms with E-state index in [1.54, 1.807) is 6.07 Å². The molecular formula is C14H6F4. The van der Waals surface area contributed by atoms with Crippen LogP contribution in [0.25, 0.3) is 11.1 Å². The van der Waals surface area contributed by atoms with Crippen molar-refractivity contribution in [1.82, 2.24) is 0 Å². The van der Waals surface area contributed by atoms with Crippen LogP contribution < -0.4 is 0 Å². The van der Waals surface area contributed by atoms with Crippen molar-refractivity contribution in [2.45, 2.75) is 12.8 Å². The Balaban J connectivity index is 2.14. The van der Waals surface area contributed by atoms with Crippen LogP contribution in [0.15, 0.2) is 12.1 Å². The van der Waals surface area contributed by atoms with Crippen molar-refractivity contribution in [2.75, 3.05) is 0 Å². The fraction of sp³-hybridized carbons (Fsp3) is 0.143. The molecule has 0 unspecified atom stereocenters. The molecule has 0 atom stereocenters. The lowest BCUT2D eigenvalue weighted by Crippen LogP contribution is -2.02. The summed E-state index contributed by atoms with van der Waals surface area (Å²) in [6.07, 6.45) is 0.840. The van der Waals surface area contributed by atoms with Gasteiger partial charge >= 0.3 is 0 Å². The third-order valence-electron chi connectivity index (χ3n) is 3.72. The van der Waals surface area contributed by atoms with Gasteiger partial charge in [0.2, 0.25) is 0 Å². The van der Waals surface area contributed by atoms with E-state index in [-0.39, 0.29) is 17.5 Å². The van der Waals surface area contributed by atoms with Crippen LogP contribution in [0.4, 0.5) is 17.6 Å². The van der Waals surface area contributed by atoms with Crippen LogP contribution in [-0.4, -0.2) is 0 Å². The number of hydrogen-bond acceptors (Lipinski definition) is 0. The summed E-state index contributed by atoms with van der Waals surface area (Å²) in [4.78, 5) is 0. The molecule has 0 heterocycles. The molecule has 0 bridgehead atoms. The Morgan fingerprint density at radius 2 is 1.22 bits per heavy atom. The van der Waals surface area contributed by atoms with Gasteiger partial charge in [0.1, 0.15) is 0 Å². The van der Waals surface area contributed by atoms with Gasteiger partial charge in [0.05, 0.1) is 0 Å². The van der Waals surface area contributed by atoms with Crippen LogP contribution in [0.1, 0.15) is 22.3 Å². The molecule has 0 radical (unpaired) electrons. The zero-order valence-electron chi connectivity index (χ0n) is 9.08. The predicted octanol–water partition coefficient (Wildman–Crippen LogP) is 3.72. The standard InChI is InChI=1S/C14H6F4/c15-11-8-4-6-2-1-5-3-7(5)9(6)10(8)12(16)14(18)13(11)17/h1-2H,3-4H2. The lowest BCUT2D eigenvalue weighted by Gasteiger charge is -2.06. The minimum atomic E-state index is -1.72. The van der Waals surface area contributed by atoms with E-state index in [9.17, 15) is 17.6 Å². The highest BCUT2D eigenvalue weighted by molar-refractivity contribution is 5.84. The van der Waals surface area contributed by atoms with Gasteiger partial charge in [-0.2, -0.15) is 0 Å². The average Bonchev–Trinajstić information content (AvgIpc) is 3.06. The number of halogens is 4. The molecule has 0 saturated heterocycles. The summed E-state index contributed by atoms with van der Waals surface area (Å²) < 4.78 is 54.0. The van der Waals surface area contributed by atoms with E-state index in [1.807, 2.05) is 6.07 Å². The zero-order valence-corrected chi connectivity index (χ0v) is 9.08. The van der Waals surface area contributed by atoms with Crippen molar-refractivity contribution in [2.24, 2.45) is 0 Å². The topological polar surface area (TPSA) is 0 Å². The fourth-order valence-corrected chi connectivity index (χ4v) is 2.79. The van der Waals surface area contributed by atoms with Gasteiger partial charge in [0.25, 0.3) is 0 Å². The number of rotatable bonds is 0. The van der Waals surface area contributed by atoms with Crippen LogP contribution in [0.2, 0.25) is 0 Å². The SMILES string of the molecule is Fc1c(F)c(F)c2c(c1F)Cc1ccc3c(c1-2)C3. The summed E-state index contributed by atoms with van der Waals surface area (Å²) in [5, 5.41) is 0. The molecule has 0 aliphatic heterocycles. The van der Waals surface area contributed by atoms with Gasteiger partial charge in [-0.05, 0) is 28.7 Å². The van der Waals surface area contributed by atoms with Gasteiger partial charge in [-0.25, -0.2) is 17.6 Å². The smallest absolute Gasteiger partial charge is 0.198 e. The lowest BCUT2D eigenvalue weighted by atomic mass is 10.0. The molecule has 0 spiro atoms. The first-order valence-electron chi connectivity index (χ1n) is 5.58. The number of hydrogen-bond donors (Lipinski definition) is 0. The summed E-state index contributed by atoms with van der Waals surface area (Å²) in [6.45, 7) is 0. The number of benzene rings is 2. The molecule has 0 amide bonds. The highest BCUT2D eigenvalue weighted by Crippen LogP contribution is 2.48. The highest BCUT2D eigenvalue weighted by Gasteiger charge is 2.36. The van der Waals surface area contributed by atoms with Gasteiger partial charge in [0.15, 0.2) is 23.3 Å². The van der Waals surface area contributed by atoms with E-state index < -0.39 is 23.3 Å². The second kappa shape index (κ2) is 2.94. The molecule has 0 aromatic heterocycles. The Morgan fingerprint density at radius 1 is 0.611 bits per heavy atom. The minimum absolute atomic E-state index is 0.0679. The van der Waals surface area contributed by atoms with Gasteiger partial charge in [0, 0.05) is 17.5 Å². The first-order valence-corrected chi connectivity index (χ1v) is 5.58. The molecule has 90 valence electrons. The lowest BCUT2D eigenvalue weighted by molar-refractivity contribution is 0.407.